The summed E-state index contributed by atoms with van der Waals surface area (Å²) in [5.74, 6) is -0.403. The summed E-state index contributed by atoms with van der Waals surface area (Å²) in [4.78, 5) is 28.8. The van der Waals surface area contributed by atoms with Crippen LogP contribution < -0.4 is 0 Å². The van der Waals surface area contributed by atoms with Crippen molar-refractivity contribution in [2.24, 2.45) is 5.92 Å². The number of hydrogen-bond acceptors (Lipinski definition) is 4. The van der Waals surface area contributed by atoms with Crippen LogP contribution in [0.25, 0.3) is 0 Å². The molecule has 34 heavy (non-hydrogen) atoms. The minimum Gasteiger partial charge on any atom is -0.465 e. The van der Waals surface area contributed by atoms with Crippen molar-refractivity contribution in [1.82, 2.24) is 9.80 Å². The molecule has 1 aliphatic rings. The molecule has 0 saturated carbocycles. The summed E-state index contributed by atoms with van der Waals surface area (Å²) in [6.45, 7) is 6.37. The lowest BCUT2D eigenvalue weighted by Gasteiger charge is -2.24. The Morgan fingerprint density at radius 1 is 0.912 bits per heavy atom. The smallest absolute Gasteiger partial charge is 0.311 e. The maximum absolute atomic E-state index is 12.4. The molecular formula is C29H54N2O3. The van der Waals surface area contributed by atoms with Gasteiger partial charge in [-0.3, -0.25) is 9.59 Å². The van der Waals surface area contributed by atoms with Gasteiger partial charge in [-0.25, -0.2) is 0 Å². The quantitative estimate of drug-likeness (QED) is 0.104. The molecule has 1 amide bonds. The summed E-state index contributed by atoms with van der Waals surface area (Å²) in [6, 6.07) is -0.0445. The summed E-state index contributed by atoms with van der Waals surface area (Å²) in [5, 5.41) is 0. The van der Waals surface area contributed by atoms with Crippen molar-refractivity contribution >= 4 is 11.9 Å². The van der Waals surface area contributed by atoms with E-state index in [0.29, 0.717) is 13.0 Å². The van der Waals surface area contributed by atoms with Crippen molar-refractivity contribution in [2.45, 2.75) is 123 Å². The second kappa shape index (κ2) is 19.9. The number of likely N-dealkylation sites (tertiary alicyclic amines) is 1. The SMILES string of the molecule is CCCCCCCC/C=C\CCCCCCCCN1C(=O)C[C@H](C(=O)OCCCN(C)C)[C@H]1C. The van der Waals surface area contributed by atoms with Gasteiger partial charge < -0.3 is 14.5 Å². The van der Waals surface area contributed by atoms with Gasteiger partial charge in [0.1, 0.15) is 0 Å². The number of nitrogens with zero attached hydrogens (tertiary/aromatic N) is 2. The third-order valence-electron chi connectivity index (χ3n) is 7.00. The second-order valence-corrected chi connectivity index (χ2v) is 10.4. The molecule has 0 radical (unpaired) electrons. The molecule has 198 valence electrons. The summed E-state index contributed by atoms with van der Waals surface area (Å²) >= 11 is 0. The van der Waals surface area contributed by atoms with Crippen molar-refractivity contribution in [3.63, 3.8) is 0 Å². The van der Waals surface area contributed by atoms with Crippen LogP contribution in [0.2, 0.25) is 0 Å². The molecule has 0 bridgehead atoms. The van der Waals surface area contributed by atoms with Gasteiger partial charge in [-0.15, -0.1) is 0 Å². The van der Waals surface area contributed by atoms with Crippen molar-refractivity contribution in [3.05, 3.63) is 12.2 Å². The van der Waals surface area contributed by atoms with Crippen LogP contribution in [0.3, 0.4) is 0 Å². The maximum atomic E-state index is 12.4. The molecule has 0 aromatic heterocycles. The van der Waals surface area contributed by atoms with Crippen LogP contribution in [-0.4, -0.2) is 61.5 Å². The lowest BCUT2D eigenvalue weighted by Crippen LogP contribution is -2.36. The monoisotopic (exact) mass is 478 g/mol. The standard InChI is InChI=1S/C29H54N2O3/c1-5-6-7-8-9-10-11-12-13-14-15-16-17-18-19-20-23-31-26(2)27(25-28(31)32)29(33)34-24-21-22-30(3)4/h12-13,26-27H,5-11,14-25H2,1-4H3/b13-12-/t26-,27+/m1/s1. The van der Waals surface area contributed by atoms with E-state index in [1.54, 1.807) is 0 Å². The molecule has 0 aromatic carbocycles. The largest absolute Gasteiger partial charge is 0.465 e. The van der Waals surface area contributed by atoms with Crippen LogP contribution in [0.15, 0.2) is 12.2 Å². The Morgan fingerprint density at radius 3 is 2.06 bits per heavy atom. The Balaban J connectivity index is 2.01. The summed E-state index contributed by atoms with van der Waals surface area (Å²) in [7, 11) is 4.01. The fraction of sp³-hybridized carbons (Fsp3) is 0.862. The van der Waals surface area contributed by atoms with E-state index in [9.17, 15) is 9.59 Å². The van der Waals surface area contributed by atoms with E-state index in [2.05, 4.69) is 24.0 Å². The number of unbranched alkanes of at least 4 members (excludes halogenated alkanes) is 12. The van der Waals surface area contributed by atoms with Gasteiger partial charge in [-0.05, 0) is 59.5 Å². The number of esters is 1. The van der Waals surface area contributed by atoms with Gasteiger partial charge in [-0.1, -0.05) is 76.9 Å². The Kier molecular flexibility index (Phi) is 17.9. The summed E-state index contributed by atoms with van der Waals surface area (Å²) < 4.78 is 5.43. The fourth-order valence-electron chi connectivity index (χ4n) is 4.72. The van der Waals surface area contributed by atoms with Gasteiger partial charge in [0, 0.05) is 25.6 Å². The first-order valence-electron chi connectivity index (χ1n) is 14.2. The normalized spacial score (nSPS) is 18.5. The highest BCUT2D eigenvalue weighted by molar-refractivity contribution is 5.87. The van der Waals surface area contributed by atoms with Crippen LogP contribution in [0.5, 0.6) is 0 Å². The lowest BCUT2D eigenvalue weighted by molar-refractivity contribution is -0.149. The van der Waals surface area contributed by atoms with Crippen molar-refractivity contribution in [2.75, 3.05) is 33.8 Å². The molecule has 0 spiro atoms. The minimum atomic E-state index is -0.305. The number of rotatable bonds is 21. The molecule has 0 N–H and O–H groups in total. The minimum absolute atomic E-state index is 0.0445. The first-order chi connectivity index (χ1) is 16.5. The topological polar surface area (TPSA) is 49.9 Å². The highest BCUT2D eigenvalue weighted by Gasteiger charge is 2.41. The lowest BCUT2D eigenvalue weighted by atomic mass is 10.0. The van der Waals surface area contributed by atoms with Crippen LogP contribution in [0.4, 0.5) is 0 Å². The molecular weight excluding hydrogens is 424 g/mol. The highest BCUT2D eigenvalue weighted by atomic mass is 16.5. The zero-order valence-corrected chi connectivity index (χ0v) is 22.9. The van der Waals surface area contributed by atoms with Crippen LogP contribution in [-0.2, 0) is 14.3 Å². The highest BCUT2D eigenvalue weighted by Crippen LogP contribution is 2.27. The number of amides is 1. The van der Waals surface area contributed by atoms with Crippen LogP contribution in [0.1, 0.15) is 117 Å². The molecule has 1 aliphatic heterocycles. The molecule has 0 aliphatic carbocycles. The fourth-order valence-corrected chi connectivity index (χ4v) is 4.72. The number of ether oxygens (including phenoxy) is 1. The van der Waals surface area contributed by atoms with Crippen LogP contribution >= 0.6 is 0 Å². The Bertz CT molecular complexity index is 562. The molecule has 1 heterocycles. The first kappa shape index (κ1) is 30.7. The zero-order chi connectivity index (χ0) is 25.0. The maximum Gasteiger partial charge on any atom is 0.311 e. The van der Waals surface area contributed by atoms with E-state index in [1.165, 1.54) is 77.0 Å². The Hall–Kier alpha value is -1.36. The molecule has 0 aromatic rings. The third kappa shape index (κ3) is 14.1. The van der Waals surface area contributed by atoms with E-state index >= 15 is 0 Å². The van der Waals surface area contributed by atoms with E-state index in [4.69, 9.17) is 4.74 Å². The average molecular weight is 479 g/mol. The van der Waals surface area contributed by atoms with Crippen molar-refractivity contribution in [1.29, 1.82) is 0 Å². The predicted octanol–water partition coefficient (Wildman–Crippen LogP) is 6.76. The Labute approximate surface area is 210 Å². The molecule has 1 rings (SSSR count). The predicted molar refractivity (Wildman–Crippen MR) is 143 cm³/mol. The zero-order valence-electron chi connectivity index (χ0n) is 22.9. The number of allylic oxidation sites excluding steroid dienone is 2. The molecule has 5 nitrogen and oxygen atoms in total. The molecule has 1 fully saturated rings. The number of carbonyl (C=O) groups excluding carboxylic acids is 2. The molecule has 0 unspecified atom stereocenters. The molecule has 1 saturated heterocycles. The average Bonchev–Trinajstić information content (AvgIpc) is 3.09. The molecule has 2 atom stereocenters. The number of carbonyl (C=O) groups is 2. The van der Waals surface area contributed by atoms with E-state index in [0.717, 1.165) is 32.4 Å². The van der Waals surface area contributed by atoms with Crippen LogP contribution in [0, 0.1) is 5.92 Å². The van der Waals surface area contributed by atoms with E-state index in [-0.39, 0.29) is 23.8 Å². The van der Waals surface area contributed by atoms with Gasteiger partial charge in [-0.2, -0.15) is 0 Å². The van der Waals surface area contributed by atoms with Gasteiger partial charge in [0.2, 0.25) is 5.91 Å². The van der Waals surface area contributed by atoms with Gasteiger partial charge in [0.25, 0.3) is 0 Å². The Morgan fingerprint density at radius 2 is 1.47 bits per heavy atom. The summed E-state index contributed by atoms with van der Waals surface area (Å²) in [6.07, 6.45) is 23.8. The summed E-state index contributed by atoms with van der Waals surface area (Å²) in [5.41, 5.74) is 0. The van der Waals surface area contributed by atoms with Crippen molar-refractivity contribution < 1.29 is 14.3 Å². The van der Waals surface area contributed by atoms with Gasteiger partial charge in [0.15, 0.2) is 0 Å². The first-order valence-corrected chi connectivity index (χ1v) is 14.2. The third-order valence-corrected chi connectivity index (χ3v) is 7.00. The second-order valence-electron chi connectivity index (χ2n) is 10.4. The number of hydrogen-bond donors (Lipinski definition) is 0. The van der Waals surface area contributed by atoms with Gasteiger partial charge >= 0.3 is 5.97 Å². The van der Waals surface area contributed by atoms with E-state index in [1.807, 2.05) is 25.9 Å². The van der Waals surface area contributed by atoms with E-state index < -0.39 is 0 Å². The van der Waals surface area contributed by atoms with Gasteiger partial charge in [0.05, 0.1) is 12.5 Å². The molecule has 5 heteroatoms. The van der Waals surface area contributed by atoms with Crippen molar-refractivity contribution in [3.8, 4) is 0 Å².